The van der Waals surface area contributed by atoms with Gasteiger partial charge in [-0.15, -0.1) is 0 Å². The molecule has 0 saturated heterocycles. The molecule has 0 aromatic heterocycles. The number of benzene rings is 2. The highest BCUT2D eigenvalue weighted by Gasteiger charge is 2.17. The van der Waals surface area contributed by atoms with Gasteiger partial charge in [0.2, 0.25) is 0 Å². The topological polar surface area (TPSA) is 166 Å². The predicted octanol–water partition coefficient (Wildman–Crippen LogP) is 1.43. The first-order valence-corrected chi connectivity index (χ1v) is 8.71. The molecule has 30 heavy (non-hydrogen) atoms. The summed E-state index contributed by atoms with van der Waals surface area (Å²) >= 11 is 0. The summed E-state index contributed by atoms with van der Waals surface area (Å²) in [6.07, 6.45) is -1.68. The smallest absolute Gasteiger partial charge is 0.307 e. The number of aliphatic carboxylic acids is 4. The minimum absolute atomic E-state index is 0.0266. The van der Waals surface area contributed by atoms with E-state index in [1.807, 2.05) is 0 Å². The van der Waals surface area contributed by atoms with E-state index >= 15 is 0 Å². The van der Waals surface area contributed by atoms with Crippen molar-refractivity contribution < 1.29 is 44.4 Å². The van der Waals surface area contributed by atoms with Gasteiger partial charge in [0, 0.05) is 11.1 Å². The molecule has 0 aliphatic carbocycles. The van der Waals surface area contributed by atoms with E-state index in [9.17, 15) is 24.0 Å². The van der Waals surface area contributed by atoms with E-state index < -0.39 is 55.3 Å². The van der Waals surface area contributed by atoms with Gasteiger partial charge in [-0.1, -0.05) is 12.1 Å². The summed E-state index contributed by atoms with van der Waals surface area (Å²) in [6.45, 7) is 0. The Kier molecular flexibility index (Phi) is 7.03. The molecule has 0 heterocycles. The lowest BCUT2D eigenvalue weighted by molar-refractivity contribution is -0.137. The zero-order valence-electron chi connectivity index (χ0n) is 15.6. The third-order valence-electron chi connectivity index (χ3n) is 4.05. The van der Waals surface area contributed by atoms with Crippen molar-refractivity contribution >= 4 is 29.7 Å². The largest absolute Gasteiger partial charge is 0.481 e. The van der Waals surface area contributed by atoms with Crippen LogP contribution in [0.1, 0.15) is 38.2 Å². The molecule has 2 aromatic carbocycles. The number of carbonyl (C=O) groups is 5. The van der Waals surface area contributed by atoms with Gasteiger partial charge in [-0.05, 0) is 46.5 Å². The zero-order valence-corrected chi connectivity index (χ0v) is 15.6. The third-order valence-corrected chi connectivity index (χ3v) is 4.05. The summed E-state index contributed by atoms with van der Waals surface area (Å²) in [4.78, 5) is 57.2. The first-order valence-electron chi connectivity index (χ1n) is 8.71. The van der Waals surface area contributed by atoms with E-state index in [1.54, 1.807) is 0 Å². The molecule has 0 unspecified atom stereocenters. The highest BCUT2D eigenvalue weighted by atomic mass is 16.4. The first kappa shape index (κ1) is 22.3. The lowest BCUT2D eigenvalue weighted by Gasteiger charge is -2.10. The Morgan fingerprint density at radius 3 is 0.900 bits per heavy atom. The minimum atomic E-state index is -1.16. The van der Waals surface area contributed by atoms with Crippen molar-refractivity contribution in [3.05, 3.63) is 69.8 Å². The summed E-state index contributed by atoms with van der Waals surface area (Å²) in [5, 5.41) is 36.1. The molecule has 0 atom stereocenters. The fraction of sp³-hybridized carbons (Fsp3) is 0.190. The lowest BCUT2D eigenvalue weighted by atomic mass is 9.93. The molecule has 0 spiro atoms. The van der Waals surface area contributed by atoms with E-state index in [1.165, 1.54) is 36.4 Å². The molecule has 0 saturated carbocycles. The fourth-order valence-electron chi connectivity index (χ4n) is 3.06. The van der Waals surface area contributed by atoms with Crippen LogP contribution < -0.4 is 0 Å². The molecule has 9 nitrogen and oxygen atoms in total. The number of ketones is 1. The van der Waals surface area contributed by atoms with Gasteiger partial charge in [-0.2, -0.15) is 0 Å². The van der Waals surface area contributed by atoms with Crippen LogP contribution in [-0.2, 0) is 44.9 Å². The number of carboxylic acids is 4. The zero-order chi connectivity index (χ0) is 22.4. The van der Waals surface area contributed by atoms with Crippen molar-refractivity contribution in [3.8, 4) is 0 Å². The Labute approximate surface area is 170 Å². The average molecular weight is 414 g/mol. The average Bonchev–Trinajstić information content (AvgIpc) is 2.58. The van der Waals surface area contributed by atoms with E-state index in [2.05, 4.69) is 0 Å². The maximum absolute atomic E-state index is 13.0. The summed E-state index contributed by atoms with van der Waals surface area (Å²) in [6, 6.07) is 8.06. The van der Waals surface area contributed by atoms with Crippen molar-refractivity contribution in [2.45, 2.75) is 25.7 Å². The summed E-state index contributed by atoms with van der Waals surface area (Å²) < 4.78 is 0. The molecule has 9 heteroatoms. The van der Waals surface area contributed by atoms with Crippen LogP contribution in [0.2, 0.25) is 0 Å². The molecular weight excluding hydrogens is 396 g/mol. The van der Waals surface area contributed by atoms with Gasteiger partial charge in [-0.25, -0.2) is 0 Å². The second kappa shape index (κ2) is 9.46. The molecule has 4 N–H and O–H groups in total. The number of carboxylic acid groups (broad SMARTS) is 4. The van der Waals surface area contributed by atoms with Crippen LogP contribution in [0.4, 0.5) is 0 Å². The van der Waals surface area contributed by atoms with Crippen LogP contribution in [0, 0.1) is 0 Å². The molecule has 2 aromatic rings. The number of carbonyl (C=O) groups excluding carboxylic acids is 1. The molecule has 0 bridgehead atoms. The van der Waals surface area contributed by atoms with Crippen LogP contribution in [0.25, 0.3) is 0 Å². The molecule has 0 aliphatic rings. The Hall–Kier alpha value is -4.01. The maximum Gasteiger partial charge on any atom is 0.307 e. The predicted molar refractivity (Wildman–Crippen MR) is 102 cm³/mol. The van der Waals surface area contributed by atoms with Crippen molar-refractivity contribution in [3.63, 3.8) is 0 Å². The molecule has 156 valence electrons. The van der Waals surface area contributed by atoms with Gasteiger partial charge in [0.25, 0.3) is 0 Å². The van der Waals surface area contributed by atoms with Crippen molar-refractivity contribution in [1.82, 2.24) is 0 Å². The van der Waals surface area contributed by atoms with E-state index in [4.69, 9.17) is 20.4 Å². The molecule has 0 amide bonds. The molecule has 0 radical (unpaired) electrons. The van der Waals surface area contributed by atoms with Crippen molar-refractivity contribution in [2.24, 2.45) is 0 Å². The van der Waals surface area contributed by atoms with Crippen LogP contribution in [0.3, 0.4) is 0 Å². The Morgan fingerprint density at radius 1 is 0.467 bits per heavy atom. The minimum Gasteiger partial charge on any atom is -0.481 e. The molecule has 0 fully saturated rings. The Balaban J connectivity index is 2.53. The quantitative estimate of drug-likeness (QED) is 0.420. The van der Waals surface area contributed by atoms with Gasteiger partial charge >= 0.3 is 23.9 Å². The van der Waals surface area contributed by atoms with Crippen LogP contribution in [0.5, 0.6) is 0 Å². The summed E-state index contributed by atoms with van der Waals surface area (Å²) in [7, 11) is 0. The highest BCUT2D eigenvalue weighted by Crippen LogP contribution is 2.19. The standard InChI is InChI=1S/C21H18O9/c22-17(23)7-11-1-12(8-18(24)25)4-15(3-11)21(30)16-5-13(9-19(26)27)2-14(6-16)10-20(28)29/h1-6H,7-10H2,(H,22,23)(H,24,25)(H,26,27)(H,28,29). The van der Waals surface area contributed by atoms with E-state index in [0.717, 1.165) is 0 Å². The van der Waals surface area contributed by atoms with E-state index in [0.29, 0.717) is 0 Å². The third kappa shape index (κ3) is 6.55. The Bertz CT molecular complexity index is 887. The molecule has 2 rings (SSSR count). The SMILES string of the molecule is O=C(O)Cc1cc(CC(=O)O)cc(C(=O)c2cc(CC(=O)O)cc(CC(=O)O)c2)c1. The van der Waals surface area contributed by atoms with E-state index in [-0.39, 0.29) is 33.4 Å². The van der Waals surface area contributed by atoms with Crippen molar-refractivity contribution in [2.75, 3.05) is 0 Å². The number of hydrogen-bond acceptors (Lipinski definition) is 5. The van der Waals surface area contributed by atoms with Crippen molar-refractivity contribution in [1.29, 1.82) is 0 Å². The van der Waals surface area contributed by atoms with Gasteiger partial charge in [0.1, 0.15) is 0 Å². The van der Waals surface area contributed by atoms with Gasteiger partial charge in [-0.3, -0.25) is 24.0 Å². The van der Waals surface area contributed by atoms with Crippen LogP contribution in [-0.4, -0.2) is 50.1 Å². The second-order valence-corrected chi connectivity index (χ2v) is 6.69. The maximum atomic E-state index is 13.0. The second-order valence-electron chi connectivity index (χ2n) is 6.69. The summed E-state index contributed by atoms with van der Waals surface area (Å²) in [5.74, 6) is -5.24. The molecular formula is C21H18O9. The van der Waals surface area contributed by atoms with Crippen LogP contribution in [0.15, 0.2) is 36.4 Å². The molecule has 0 aliphatic heterocycles. The number of hydrogen-bond donors (Lipinski definition) is 4. The Morgan fingerprint density at radius 2 is 0.700 bits per heavy atom. The fourth-order valence-corrected chi connectivity index (χ4v) is 3.06. The lowest BCUT2D eigenvalue weighted by Crippen LogP contribution is -2.10. The normalized spacial score (nSPS) is 10.4. The van der Waals surface area contributed by atoms with Crippen LogP contribution >= 0.6 is 0 Å². The number of rotatable bonds is 10. The first-order chi connectivity index (χ1) is 14.0. The van der Waals surface area contributed by atoms with Gasteiger partial charge in [0.15, 0.2) is 5.78 Å². The van der Waals surface area contributed by atoms with Gasteiger partial charge in [0.05, 0.1) is 25.7 Å². The highest BCUT2D eigenvalue weighted by molar-refractivity contribution is 6.09. The van der Waals surface area contributed by atoms with Gasteiger partial charge < -0.3 is 20.4 Å². The monoisotopic (exact) mass is 414 g/mol. The summed E-state index contributed by atoms with van der Waals surface area (Å²) in [5.41, 5.74) is 0.987.